The summed E-state index contributed by atoms with van der Waals surface area (Å²) in [4.78, 5) is 0. The predicted molar refractivity (Wildman–Crippen MR) is 58.9 cm³/mol. The Balaban J connectivity index is 2.44. The zero-order valence-electron chi connectivity index (χ0n) is 8.91. The van der Waals surface area contributed by atoms with Crippen molar-refractivity contribution in [2.75, 3.05) is 12.8 Å². The molecule has 0 spiro atoms. The van der Waals surface area contributed by atoms with Crippen LogP contribution in [0.3, 0.4) is 0 Å². The summed E-state index contributed by atoms with van der Waals surface area (Å²) >= 11 is 0. The first-order valence-corrected chi connectivity index (χ1v) is 7.38. The van der Waals surface area contributed by atoms with E-state index in [1.807, 2.05) is 0 Å². The van der Waals surface area contributed by atoms with E-state index in [4.69, 9.17) is 5.73 Å². The van der Waals surface area contributed by atoms with Crippen LogP contribution in [0.15, 0.2) is 0 Å². The first-order chi connectivity index (χ1) is 6.54. The van der Waals surface area contributed by atoms with Crippen LogP contribution in [0, 0.1) is 5.92 Å². The summed E-state index contributed by atoms with van der Waals surface area (Å²) < 4.78 is 22.8. The van der Waals surface area contributed by atoms with E-state index >= 15 is 0 Å². The Bertz CT molecular complexity index is 261. The van der Waals surface area contributed by atoms with Gasteiger partial charge in [-0.1, -0.05) is 12.8 Å². The van der Waals surface area contributed by atoms with Gasteiger partial charge in [0.25, 0.3) is 0 Å². The van der Waals surface area contributed by atoms with Gasteiger partial charge in [0.15, 0.2) is 0 Å². The second kappa shape index (κ2) is 5.12. The minimum atomic E-state index is -2.82. The molecule has 0 heterocycles. The molecule has 0 amide bonds. The Morgan fingerprint density at radius 3 is 2.64 bits per heavy atom. The van der Waals surface area contributed by atoms with Gasteiger partial charge in [-0.25, -0.2) is 8.42 Å². The molecule has 84 valence electrons. The minimum Gasteiger partial charge on any atom is -0.330 e. The smallest absolute Gasteiger partial charge is 0.150 e. The van der Waals surface area contributed by atoms with Crippen molar-refractivity contribution in [1.82, 2.24) is 0 Å². The highest BCUT2D eigenvalue weighted by Crippen LogP contribution is 2.30. The zero-order valence-corrected chi connectivity index (χ0v) is 9.72. The van der Waals surface area contributed by atoms with Crippen molar-refractivity contribution < 1.29 is 8.42 Å². The summed E-state index contributed by atoms with van der Waals surface area (Å²) in [5.74, 6) is 0.590. The molecule has 2 N–H and O–H groups in total. The van der Waals surface area contributed by atoms with E-state index in [1.54, 1.807) is 0 Å². The predicted octanol–water partition coefficient (Wildman–Crippen LogP) is 1.33. The van der Waals surface area contributed by atoms with Crippen LogP contribution in [0.25, 0.3) is 0 Å². The fourth-order valence-corrected chi connectivity index (χ4v) is 3.52. The van der Waals surface area contributed by atoms with Crippen molar-refractivity contribution in [3.8, 4) is 0 Å². The molecule has 2 unspecified atom stereocenters. The molecule has 4 heteroatoms. The van der Waals surface area contributed by atoms with E-state index < -0.39 is 9.84 Å². The molecule has 0 bridgehead atoms. The first kappa shape index (κ1) is 12.0. The Morgan fingerprint density at radius 1 is 1.36 bits per heavy atom. The van der Waals surface area contributed by atoms with Gasteiger partial charge in [-0.15, -0.1) is 0 Å². The largest absolute Gasteiger partial charge is 0.330 e. The van der Waals surface area contributed by atoms with Crippen LogP contribution in [0.5, 0.6) is 0 Å². The average Bonchev–Trinajstić information content (AvgIpc) is 2.14. The number of hydrogen-bond donors (Lipinski definition) is 1. The van der Waals surface area contributed by atoms with Crippen LogP contribution in [0.4, 0.5) is 0 Å². The molecule has 14 heavy (non-hydrogen) atoms. The summed E-state index contributed by atoms with van der Waals surface area (Å²) in [7, 11) is -2.82. The normalized spacial score (nSPS) is 29.0. The number of sulfone groups is 1. The molecule has 0 aliphatic heterocycles. The third-order valence-corrected chi connectivity index (χ3v) is 4.80. The molecule has 1 saturated carbocycles. The van der Waals surface area contributed by atoms with Gasteiger partial charge in [-0.05, 0) is 38.1 Å². The highest BCUT2D eigenvalue weighted by atomic mass is 32.2. The maximum Gasteiger partial charge on any atom is 0.150 e. The highest BCUT2D eigenvalue weighted by Gasteiger charge is 2.28. The van der Waals surface area contributed by atoms with Crippen LogP contribution in [0.1, 0.15) is 38.5 Å². The molecular formula is C10H21NO2S. The maximum atomic E-state index is 11.4. The molecular weight excluding hydrogens is 198 g/mol. The standard InChI is InChI=1S/C10H21NO2S/c1-14(12,13)10-6-2-4-9(8-10)5-3-7-11/h9-10H,2-8,11H2,1H3. The average molecular weight is 219 g/mol. The Labute approximate surface area is 87.0 Å². The molecule has 0 aromatic rings. The lowest BCUT2D eigenvalue weighted by Gasteiger charge is -2.27. The second-order valence-corrected chi connectivity index (χ2v) is 6.74. The highest BCUT2D eigenvalue weighted by molar-refractivity contribution is 7.91. The van der Waals surface area contributed by atoms with E-state index in [-0.39, 0.29) is 5.25 Å². The summed E-state index contributed by atoms with van der Waals surface area (Å²) in [5.41, 5.74) is 5.45. The number of hydrogen-bond acceptors (Lipinski definition) is 3. The molecule has 0 radical (unpaired) electrons. The topological polar surface area (TPSA) is 60.2 Å². The number of rotatable bonds is 4. The molecule has 1 rings (SSSR count). The second-order valence-electron chi connectivity index (χ2n) is 4.42. The molecule has 2 atom stereocenters. The van der Waals surface area contributed by atoms with Gasteiger partial charge in [-0.3, -0.25) is 0 Å². The van der Waals surface area contributed by atoms with E-state index in [0.29, 0.717) is 5.92 Å². The molecule has 1 fully saturated rings. The van der Waals surface area contributed by atoms with Crippen LogP contribution in [-0.2, 0) is 9.84 Å². The molecule has 0 aromatic carbocycles. The summed E-state index contributed by atoms with van der Waals surface area (Å²) in [5, 5.41) is -0.0842. The lowest BCUT2D eigenvalue weighted by molar-refractivity contribution is 0.334. The maximum absolute atomic E-state index is 11.4. The van der Waals surface area contributed by atoms with Gasteiger partial charge in [0, 0.05) is 6.26 Å². The third-order valence-electron chi connectivity index (χ3n) is 3.16. The van der Waals surface area contributed by atoms with Gasteiger partial charge in [0.05, 0.1) is 5.25 Å². The monoisotopic (exact) mass is 219 g/mol. The summed E-state index contributed by atoms with van der Waals surface area (Å²) in [6, 6.07) is 0. The van der Waals surface area contributed by atoms with Gasteiger partial charge < -0.3 is 5.73 Å². The quantitative estimate of drug-likeness (QED) is 0.776. The minimum absolute atomic E-state index is 0.0842. The van der Waals surface area contributed by atoms with E-state index in [0.717, 1.165) is 38.6 Å². The summed E-state index contributed by atoms with van der Waals surface area (Å²) in [6.45, 7) is 0.722. The molecule has 1 aliphatic carbocycles. The lowest BCUT2D eigenvalue weighted by Crippen LogP contribution is -2.27. The fourth-order valence-electron chi connectivity index (χ4n) is 2.30. The van der Waals surface area contributed by atoms with Crippen molar-refractivity contribution in [3.63, 3.8) is 0 Å². The molecule has 0 saturated heterocycles. The van der Waals surface area contributed by atoms with Gasteiger partial charge >= 0.3 is 0 Å². The number of nitrogens with two attached hydrogens (primary N) is 1. The van der Waals surface area contributed by atoms with Gasteiger partial charge in [0.2, 0.25) is 0 Å². The van der Waals surface area contributed by atoms with Gasteiger partial charge in [-0.2, -0.15) is 0 Å². The van der Waals surface area contributed by atoms with Gasteiger partial charge in [0.1, 0.15) is 9.84 Å². The van der Waals surface area contributed by atoms with E-state index in [1.165, 1.54) is 12.7 Å². The van der Waals surface area contributed by atoms with Crippen LogP contribution < -0.4 is 5.73 Å². The zero-order chi connectivity index (χ0) is 10.6. The van der Waals surface area contributed by atoms with Crippen LogP contribution in [0.2, 0.25) is 0 Å². The lowest BCUT2D eigenvalue weighted by atomic mass is 9.86. The molecule has 3 nitrogen and oxygen atoms in total. The van der Waals surface area contributed by atoms with E-state index in [2.05, 4.69) is 0 Å². The van der Waals surface area contributed by atoms with Crippen molar-refractivity contribution in [3.05, 3.63) is 0 Å². The molecule has 1 aliphatic rings. The first-order valence-electron chi connectivity index (χ1n) is 5.43. The fraction of sp³-hybridized carbons (Fsp3) is 1.00. The van der Waals surface area contributed by atoms with Crippen molar-refractivity contribution in [2.45, 2.75) is 43.8 Å². The SMILES string of the molecule is CS(=O)(=O)C1CCCC(CCCN)C1. The molecule has 0 aromatic heterocycles. The van der Waals surface area contributed by atoms with E-state index in [9.17, 15) is 8.42 Å². The summed E-state index contributed by atoms with van der Waals surface area (Å²) in [6.07, 6.45) is 7.46. The van der Waals surface area contributed by atoms with Crippen LogP contribution in [-0.4, -0.2) is 26.5 Å². The van der Waals surface area contributed by atoms with Crippen molar-refractivity contribution >= 4 is 9.84 Å². The third kappa shape index (κ3) is 3.58. The van der Waals surface area contributed by atoms with Crippen molar-refractivity contribution in [1.29, 1.82) is 0 Å². The Kier molecular flexibility index (Phi) is 4.38. The van der Waals surface area contributed by atoms with Crippen LogP contribution >= 0.6 is 0 Å². The van der Waals surface area contributed by atoms with Crippen molar-refractivity contribution in [2.24, 2.45) is 11.7 Å². The Hall–Kier alpha value is -0.0900. The Morgan fingerprint density at radius 2 is 2.07 bits per heavy atom.